The molecule has 214 valence electrons. The zero-order valence-corrected chi connectivity index (χ0v) is 23.2. The fourth-order valence-electron chi connectivity index (χ4n) is 5.25. The van der Waals surface area contributed by atoms with Crippen molar-refractivity contribution in [2.75, 3.05) is 58.5 Å². The minimum absolute atomic E-state index is 0.203. The number of nitrogens with one attached hydrogen (secondary N) is 1. The van der Waals surface area contributed by atoms with Crippen LogP contribution < -0.4 is 10.1 Å². The van der Waals surface area contributed by atoms with E-state index in [2.05, 4.69) is 17.1 Å². The quantitative estimate of drug-likeness (QED) is 0.373. The summed E-state index contributed by atoms with van der Waals surface area (Å²) < 4.78 is 42.0. The average Bonchev–Trinajstić information content (AvgIpc) is 3.31. The molecule has 0 aliphatic carbocycles. The number of carbonyl (C=O) groups excluding carboxylic acids is 1. The summed E-state index contributed by atoms with van der Waals surface area (Å²) in [4.78, 5) is 15.3. The van der Waals surface area contributed by atoms with E-state index < -0.39 is 36.0 Å². The molecule has 4 rings (SSSR count). The molecule has 10 heteroatoms. The van der Waals surface area contributed by atoms with Gasteiger partial charge in [-0.2, -0.15) is 0 Å². The number of morpholine rings is 1. The van der Waals surface area contributed by atoms with Crippen molar-refractivity contribution in [1.29, 1.82) is 0 Å². The molecule has 3 fully saturated rings. The minimum Gasteiger partial charge on any atom is -0.497 e. The Balaban J connectivity index is 1.45. The van der Waals surface area contributed by atoms with E-state index in [1.165, 1.54) is 19.3 Å². The van der Waals surface area contributed by atoms with Crippen LogP contribution in [0.4, 0.5) is 10.5 Å². The smallest absolute Gasteiger partial charge is 0.412 e. The first-order valence-corrected chi connectivity index (χ1v) is 13.9. The number of benzene rings is 1. The summed E-state index contributed by atoms with van der Waals surface area (Å²) >= 11 is 0. The maximum atomic E-state index is 13.0. The molecule has 1 aromatic carbocycles. The average molecular weight is 537 g/mol. The highest BCUT2D eigenvalue weighted by atomic mass is 16.9. The number of ether oxygens (including phenoxy) is 7. The van der Waals surface area contributed by atoms with Crippen LogP contribution in [0, 0.1) is 0 Å². The standard InChI is InChI=1S/C28H44N2O8/c1-5-6-7-8-9-16-34-20-28-25(37-27(2,3)38-28)24(23(36-28)19-30-14-17-33-18-15-30)35-26(31)29-21-10-12-22(32-4)13-11-21/h10-13,23-25H,5-9,14-20H2,1-4H3,(H,29,31)/t23-,24+,25-,28-/m0/s1. The Morgan fingerprint density at radius 3 is 2.53 bits per heavy atom. The normalized spacial score (nSPS) is 28.7. The van der Waals surface area contributed by atoms with Gasteiger partial charge in [0.1, 0.15) is 18.5 Å². The molecule has 4 atom stereocenters. The second-order valence-corrected chi connectivity index (χ2v) is 10.6. The molecule has 0 saturated carbocycles. The molecule has 3 saturated heterocycles. The minimum atomic E-state index is -1.16. The number of hydrogen-bond donors (Lipinski definition) is 1. The van der Waals surface area contributed by atoms with Crippen LogP contribution in [0.1, 0.15) is 52.9 Å². The van der Waals surface area contributed by atoms with E-state index in [1.54, 1.807) is 31.4 Å². The summed E-state index contributed by atoms with van der Waals surface area (Å²) in [5.41, 5.74) is 0.598. The lowest BCUT2D eigenvalue weighted by Crippen LogP contribution is -2.47. The molecule has 0 bridgehead atoms. The van der Waals surface area contributed by atoms with E-state index in [-0.39, 0.29) is 6.61 Å². The molecule has 3 heterocycles. The van der Waals surface area contributed by atoms with Gasteiger partial charge in [0.25, 0.3) is 0 Å². The highest BCUT2D eigenvalue weighted by Gasteiger charge is 2.66. The molecule has 3 aliphatic heterocycles. The van der Waals surface area contributed by atoms with Gasteiger partial charge in [0.15, 0.2) is 18.0 Å². The first-order chi connectivity index (χ1) is 18.3. The Morgan fingerprint density at radius 1 is 1.08 bits per heavy atom. The molecule has 1 aromatic rings. The summed E-state index contributed by atoms with van der Waals surface area (Å²) in [5, 5.41) is 2.80. The molecule has 3 aliphatic rings. The highest BCUT2D eigenvalue weighted by molar-refractivity contribution is 5.84. The summed E-state index contributed by atoms with van der Waals surface area (Å²) in [6, 6.07) is 7.06. The van der Waals surface area contributed by atoms with Crippen LogP contribution in [0.5, 0.6) is 5.75 Å². The van der Waals surface area contributed by atoms with Crippen molar-refractivity contribution in [1.82, 2.24) is 4.90 Å². The summed E-state index contributed by atoms with van der Waals surface area (Å²) in [5.74, 6) is -1.37. The van der Waals surface area contributed by atoms with Crippen molar-refractivity contribution < 1.29 is 38.0 Å². The Hall–Kier alpha value is -1.95. The molecule has 0 aromatic heterocycles. The number of hydrogen-bond acceptors (Lipinski definition) is 9. The lowest BCUT2D eigenvalue weighted by Gasteiger charge is -2.33. The van der Waals surface area contributed by atoms with Crippen LogP contribution in [0.15, 0.2) is 24.3 Å². The van der Waals surface area contributed by atoms with E-state index in [0.717, 1.165) is 25.9 Å². The molecule has 1 amide bonds. The fraction of sp³-hybridized carbons (Fsp3) is 0.750. The van der Waals surface area contributed by atoms with Gasteiger partial charge in [-0.15, -0.1) is 0 Å². The third-order valence-corrected chi connectivity index (χ3v) is 7.10. The number of fused-ring (bicyclic) bond motifs is 1. The van der Waals surface area contributed by atoms with Crippen molar-refractivity contribution in [3.63, 3.8) is 0 Å². The number of unbranched alkanes of at least 4 members (excludes halogenated alkanes) is 4. The molecular weight excluding hydrogens is 492 g/mol. The van der Waals surface area contributed by atoms with Crippen LogP contribution in [0.2, 0.25) is 0 Å². The zero-order chi connectivity index (χ0) is 27.0. The third-order valence-electron chi connectivity index (χ3n) is 7.10. The van der Waals surface area contributed by atoms with E-state index in [0.29, 0.717) is 37.8 Å². The second-order valence-electron chi connectivity index (χ2n) is 10.6. The van der Waals surface area contributed by atoms with Gasteiger partial charge in [-0.25, -0.2) is 4.79 Å². The molecule has 1 N–H and O–H groups in total. The lowest BCUT2D eigenvalue weighted by molar-refractivity contribution is -0.279. The lowest BCUT2D eigenvalue weighted by atomic mass is 10.0. The monoisotopic (exact) mass is 536 g/mol. The SMILES string of the molecule is CCCCCCCOC[C@@]12O[C@@H](CN3CCOCC3)[C@@H](OC(=O)Nc3ccc(OC)cc3)[C@@H]1OC(C)(C)O2. The molecule has 0 unspecified atom stereocenters. The molecule has 0 spiro atoms. The Labute approximate surface area is 226 Å². The van der Waals surface area contributed by atoms with Gasteiger partial charge in [0.2, 0.25) is 5.79 Å². The van der Waals surface area contributed by atoms with Gasteiger partial charge in [-0.1, -0.05) is 32.6 Å². The van der Waals surface area contributed by atoms with Gasteiger partial charge < -0.3 is 33.2 Å². The zero-order valence-electron chi connectivity index (χ0n) is 23.2. The molecule has 0 radical (unpaired) electrons. The van der Waals surface area contributed by atoms with Gasteiger partial charge in [0.05, 0.1) is 20.3 Å². The number of amides is 1. The van der Waals surface area contributed by atoms with Crippen LogP contribution in [0.3, 0.4) is 0 Å². The van der Waals surface area contributed by atoms with Gasteiger partial charge in [-0.05, 0) is 44.5 Å². The largest absolute Gasteiger partial charge is 0.497 e. The Kier molecular flexibility index (Phi) is 10.2. The van der Waals surface area contributed by atoms with Crippen LogP contribution in [-0.4, -0.2) is 94.1 Å². The van der Waals surface area contributed by atoms with E-state index in [1.807, 2.05) is 13.8 Å². The van der Waals surface area contributed by atoms with Crippen molar-refractivity contribution >= 4 is 11.8 Å². The van der Waals surface area contributed by atoms with Crippen LogP contribution in [-0.2, 0) is 28.4 Å². The first-order valence-electron chi connectivity index (χ1n) is 13.9. The summed E-state index contributed by atoms with van der Waals surface area (Å²) in [6.07, 6.45) is 3.39. The van der Waals surface area contributed by atoms with Gasteiger partial charge in [-0.3, -0.25) is 10.2 Å². The van der Waals surface area contributed by atoms with E-state index in [4.69, 9.17) is 33.2 Å². The van der Waals surface area contributed by atoms with Gasteiger partial charge in [0, 0.05) is 31.9 Å². The highest BCUT2D eigenvalue weighted by Crippen LogP contribution is 2.47. The third kappa shape index (κ3) is 7.58. The molecular formula is C28H44N2O8. The van der Waals surface area contributed by atoms with Crippen molar-refractivity contribution in [2.45, 2.75) is 82.8 Å². The predicted octanol–water partition coefficient (Wildman–Crippen LogP) is 4.18. The maximum Gasteiger partial charge on any atom is 0.412 e. The van der Waals surface area contributed by atoms with Crippen molar-refractivity contribution in [3.05, 3.63) is 24.3 Å². The Bertz CT molecular complexity index is 876. The number of methoxy groups -OCH3 is 1. The summed E-state index contributed by atoms with van der Waals surface area (Å²) in [6.45, 7) is 10.1. The fourth-order valence-corrected chi connectivity index (χ4v) is 5.25. The maximum absolute atomic E-state index is 13.0. The van der Waals surface area contributed by atoms with Crippen LogP contribution >= 0.6 is 0 Å². The van der Waals surface area contributed by atoms with Crippen molar-refractivity contribution in [2.24, 2.45) is 0 Å². The molecule has 10 nitrogen and oxygen atoms in total. The number of carbonyl (C=O) groups is 1. The second kappa shape index (κ2) is 13.4. The summed E-state index contributed by atoms with van der Waals surface area (Å²) in [7, 11) is 1.60. The van der Waals surface area contributed by atoms with Crippen LogP contribution in [0.25, 0.3) is 0 Å². The number of nitrogens with zero attached hydrogens (tertiary/aromatic N) is 1. The first kappa shape index (κ1) is 29.0. The molecule has 38 heavy (non-hydrogen) atoms. The van der Waals surface area contributed by atoms with Gasteiger partial charge >= 0.3 is 6.09 Å². The topological polar surface area (TPSA) is 97.0 Å². The Morgan fingerprint density at radius 2 is 1.82 bits per heavy atom. The predicted molar refractivity (Wildman–Crippen MR) is 141 cm³/mol. The number of rotatable bonds is 13. The van der Waals surface area contributed by atoms with E-state index in [9.17, 15) is 4.79 Å². The van der Waals surface area contributed by atoms with E-state index >= 15 is 0 Å². The number of anilines is 1. The van der Waals surface area contributed by atoms with Crippen molar-refractivity contribution in [3.8, 4) is 5.75 Å².